The summed E-state index contributed by atoms with van der Waals surface area (Å²) in [5.41, 5.74) is 2.36. The Labute approximate surface area is 164 Å². The normalized spacial score (nSPS) is 13.1. The van der Waals surface area contributed by atoms with E-state index in [2.05, 4.69) is 18.1 Å². The second-order valence-electron chi connectivity index (χ2n) is 7.32. The number of hydrogen-bond donors (Lipinski definition) is 0. The van der Waals surface area contributed by atoms with Crippen LogP contribution in [0.25, 0.3) is 10.8 Å². The number of nitrogens with zero attached hydrogens (tertiary/aromatic N) is 3. The second kappa shape index (κ2) is 7.97. The van der Waals surface area contributed by atoms with E-state index in [0.717, 1.165) is 37.8 Å². The van der Waals surface area contributed by atoms with E-state index in [0.29, 0.717) is 29.6 Å². The standard InChI is InChI=1S/C23H25N3O2/c1-2-3-4-9-15-26-22(27)19-12-7-6-11-18(19)21(24-26)23(28)25-16-14-17-10-5-8-13-20(17)25/h5-8,10-13H,2-4,9,14-16H2,1H3. The maximum absolute atomic E-state index is 13.4. The van der Waals surface area contributed by atoms with E-state index in [4.69, 9.17) is 0 Å². The molecule has 28 heavy (non-hydrogen) atoms. The molecular weight excluding hydrogens is 350 g/mol. The number of aromatic nitrogens is 2. The lowest BCUT2D eigenvalue weighted by molar-refractivity contribution is 0.0984. The number of amides is 1. The minimum Gasteiger partial charge on any atom is -0.306 e. The van der Waals surface area contributed by atoms with Crippen molar-refractivity contribution in [3.05, 3.63) is 70.1 Å². The molecule has 0 saturated heterocycles. The molecule has 1 aliphatic heterocycles. The Morgan fingerprint density at radius 1 is 1.00 bits per heavy atom. The van der Waals surface area contributed by atoms with Crippen LogP contribution in [0.4, 0.5) is 5.69 Å². The Balaban J connectivity index is 1.75. The first kappa shape index (κ1) is 18.4. The first-order valence-corrected chi connectivity index (χ1v) is 10.1. The zero-order valence-electron chi connectivity index (χ0n) is 16.2. The Hall–Kier alpha value is -2.95. The molecule has 144 valence electrons. The van der Waals surface area contributed by atoms with Crippen molar-refractivity contribution in [2.45, 2.75) is 45.6 Å². The highest BCUT2D eigenvalue weighted by molar-refractivity contribution is 6.13. The Morgan fingerprint density at radius 3 is 2.57 bits per heavy atom. The SMILES string of the molecule is CCCCCCn1nc(C(=O)N2CCc3ccccc32)c2ccccc2c1=O. The molecule has 1 aromatic heterocycles. The van der Waals surface area contributed by atoms with Gasteiger partial charge in [-0.1, -0.05) is 62.6 Å². The number of fused-ring (bicyclic) bond motifs is 2. The van der Waals surface area contributed by atoms with E-state index in [9.17, 15) is 9.59 Å². The molecule has 5 nitrogen and oxygen atoms in total. The van der Waals surface area contributed by atoms with Crippen LogP contribution in [0.15, 0.2) is 53.3 Å². The number of aryl methyl sites for hydroxylation is 1. The predicted octanol–water partition coefficient (Wildman–Crippen LogP) is 4.18. The van der Waals surface area contributed by atoms with E-state index >= 15 is 0 Å². The number of unbranched alkanes of at least 4 members (excludes halogenated alkanes) is 3. The molecule has 0 aliphatic carbocycles. The second-order valence-corrected chi connectivity index (χ2v) is 7.32. The molecule has 1 amide bonds. The van der Waals surface area contributed by atoms with Gasteiger partial charge in [0.25, 0.3) is 11.5 Å². The van der Waals surface area contributed by atoms with Crippen LogP contribution in [0.5, 0.6) is 0 Å². The van der Waals surface area contributed by atoms with Gasteiger partial charge in [-0.2, -0.15) is 5.10 Å². The molecule has 2 aromatic carbocycles. The van der Waals surface area contributed by atoms with E-state index in [-0.39, 0.29) is 11.5 Å². The lowest BCUT2D eigenvalue weighted by Gasteiger charge is -2.18. The van der Waals surface area contributed by atoms with Gasteiger partial charge in [0, 0.05) is 24.2 Å². The fourth-order valence-electron chi connectivity index (χ4n) is 3.91. The van der Waals surface area contributed by atoms with Gasteiger partial charge >= 0.3 is 0 Å². The molecule has 3 aromatic rings. The van der Waals surface area contributed by atoms with Gasteiger partial charge in [0.1, 0.15) is 0 Å². The average Bonchev–Trinajstić information content (AvgIpc) is 3.16. The first-order valence-electron chi connectivity index (χ1n) is 10.1. The van der Waals surface area contributed by atoms with Crippen LogP contribution in [0.1, 0.15) is 48.7 Å². The van der Waals surface area contributed by atoms with Crippen LogP contribution < -0.4 is 10.5 Å². The first-order chi connectivity index (χ1) is 13.7. The fourth-order valence-corrected chi connectivity index (χ4v) is 3.91. The smallest absolute Gasteiger partial charge is 0.279 e. The number of hydrogen-bond acceptors (Lipinski definition) is 3. The molecule has 0 unspecified atom stereocenters. The molecule has 2 heterocycles. The van der Waals surface area contributed by atoms with Crippen LogP contribution in [0.3, 0.4) is 0 Å². The van der Waals surface area contributed by atoms with E-state index in [1.807, 2.05) is 36.4 Å². The molecule has 0 spiro atoms. The van der Waals surface area contributed by atoms with Crippen LogP contribution in [0, 0.1) is 0 Å². The monoisotopic (exact) mass is 375 g/mol. The van der Waals surface area contributed by atoms with Crippen molar-refractivity contribution in [3.63, 3.8) is 0 Å². The maximum atomic E-state index is 13.4. The lowest BCUT2D eigenvalue weighted by Crippen LogP contribution is -2.33. The summed E-state index contributed by atoms with van der Waals surface area (Å²) in [6, 6.07) is 15.3. The fraction of sp³-hybridized carbons (Fsp3) is 0.348. The van der Waals surface area contributed by atoms with E-state index in [1.165, 1.54) is 10.2 Å². The quantitative estimate of drug-likeness (QED) is 0.607. The topological polar surface area (TPSA) is 55.2 Å². The number of carbonyl (C=O) groups is 1. The van der Waals surface area contributed by atoms with Crippen LogP contribution >= 0.6 is 0 Å². The van der Waals surface area contributed by atoms with Gasteiger partial charge in [0.05, 0.1) is 5.39 Å². The third kappa shape index (κ3) is 3.33. The summed E-state index contributed by atoms with van der Waals surface area (Å²) in [6.45, 7) is 3.34. The third-order valence-electron chi connectivity index (χ3n) is 5.43. The zero-order chi connectivity index (χ0) is 19.5. The molecule has 0 N–H and O–H groups in total. The van der Waals surface area contributed by atoms with Crippen molar-refractivity contribution < 1.29 is 4.79 Å². The molecule has 0 fully saturated rings. The minimum absolute atomic E-state index is 0.120. The summed E-state index contributed by atoms with van der Waals surface area (Å²) in [6.07, 6.45) is 5.06. The number of anilines is 1. The summed E-state index contributed by atoms with van der Waals surface area (Å²) in [5.74, 6) is -0.136. The van der Waals surface area contributed by atoms with Gasteiger partial charge in [-0.3, -0.25) is 9.59 Å². The molecule has 0 bridgehead atoms. The highest BCUT2D eigenvalue weighted by Gasteiger charge is 2.28. The highest BCUT2D eigenvalue weighted by atomic mass is 16.2. The molecule has 0 atom stereocenters. The van der Waals surface area contributed by atoms with E-state index < -0.39 is 0 Å². The predicted molar refractivity (Wildman–Crippen MR) is 112 cm³/mol. The Kier molecular flexibility index (Phi) is 5.24. The zero-order valence-corrected chi connectivity index (χ0v) is 16.2. The van der Waals surface area contributed by atoms with Crippen molar-refractivity contribution in [1.29, 1.82) is 0 Å². The van der Waals surface area contributed by atoms with Crippen molar-refractivity contribution in [2.75, 3.05) is 11.4 Å². The lowest BCUT2D eigenvalue weighted by atomic mass is 10.1. The van der Waals surface area contributed by atoms with Crippen LogP contribution in [0.2, 0.25) is 0 Å². The van der Waals surface area contributed by atoms with Crippen molar-refractivity contribution in [2.24, 2.45) is 0 Å². The number of carbonyl (C=O) groups excluding carboxylic acids is 1. The number of rotatable bonds is 6. The van der Waals surface area contributed by atoms with Crippen LogP contribution in [-0.2, 0) is 13.0 Å². The molecule has 0 radical (unpaired) electrons. The summed E-state index contributed by atoms with van der Waals surface area (Å²) in [7, 11) is 0. The molecule has 1 aliphatic rings. The van der Waals surface area contributed by atoms with E-state index in [1.54, 1.807) is 11.0 Å². The third-order valence-corrected chi connectivity index (χ3v) is 5.43. The summed E-state index contributed by atoms with van der Waals surface area (Å²) < 4.78 is 1.48. The molecule has 5 heteroatoms. The van der Waals surface area contributed by atoms with Crippen molar-refractivity contribution >= 4 is 22.4 Å². The van der Waals surface area contributed by atoms with Gasteiger partial charge < -0.3 is 4.90 Å². The summed E-state index contributed by atoms with van der Waals surface area (Å²) in [4.78, 5) is 28.1. The summed E-state index contributed by atoms with van der Waals surface area (Å²) in [5, 5.41) is 5.72. The summed E-state index contributed by atoms with van der Waals surface area (Å²) >= 11 is 0. The van der Waals surface area contributed by atoms with Gasteiger partial charge in [-0.25, -0.2) is 4.68 Å². The number of benzene rings is 2. The van der Waals surface area contributed by atoms with Gasteiger partial charge in [0.15, 0.2) is 5.69 Å². The largest absolute Gasteiger partial charge is 0.306 e. The maximum Gasteiger partial charge on any atom is 0.279 e. The highest BCUT2D eigenvalue weighted by Crippen LogP contribution is 2.29. The van der Waals surface area contributed by atoms with Crippen molar-refractivity contribution in [3.8, 4) is 0 Å². The Bertz CT molecular complexity index is 1070. The minimum atomic E-state index is -0.136. The van der Waals surface area contributed by atoms with Gasteiger partial charge in [-0.05, 0) is 30.5 Å². The van der Waals surface area contributed by atoms with Gasteiger partial charge in [-0.15, -0.1) is 0 Å². The molecule has 4 rings (SSSR count). The van der Waals surface area contributed by atoms with Crippen molar-refractivity contribution in [1.82, 2.24) is 9.78 Å². The Morgan fingerprint density at radius 2 is 1.75 bits per heavy atom. The number of para-hydroxylation sites is 1. The average molecular weight is 375 g/mol. The van der Waals surface area contributed by atoms with Crippen LogP contribution in [-0.4, -0.2) is 22.2 Å². The molecule has 0 saturated carbocycles. The molecular formula is C23H25N3O2. The van der Waals surface area contributed by atoms with Gasteiger partial charge in [0.2, 0.25) is 0 Å².